The quantitative estimate of drug-likeness (QED) is 0.902. The highest BCUT2D eigenvalue weighted by molar-refractivity contribution is 6.30. The van der Waals surface area contributed by atoms with Crippen LogP contribution < -0.4 is 4.74 Å². The molecule has 20 heavy (non-hydrogen) atoms. The maximum atomic E-state index is 10.4. The highest BCUT2D eigenvalue weighted by Gasteiger charge is 2.35. The van der Waals surface area contributed by atoms with Crippen molar-refractivity contribution in [2.75, 3.05) is 39.3 Å². The largest absolute Gasteiger partial charge is 0.490 e. The summed E-state index contributed by atoms with van der Waals surface area (Å²) in [5.74, 6) is 0.850. The first kappa shape index (κ1) is 14.1. The van der Waals surface area contributed by atoms with Crippen molar-refractivity contribution in [3.8, 4) is 5.75 Å². The number of ether oxygens (including phenoxy) is 1. The molecular formula is C15H21ClN2O2. The van der Waals surface area contributed by atoms with Crippen LogP contribution in [0.5, 0.6) is 5.75 Å². The van der Waals surface area contributed by atoms with Gasteiger partial charge in [-0.3, -0.25) is 4.90 Å². The molecule has 1 aromatic carbocycles. The summed E-state index contributed by atoms with van der Waals surface area (Å²) >= 11 is 6.11. The number of hydrogen-bond donors (Lipinski definition) is 1. The van der Waals surface area contributed by atoms with E-state index in [2.05, 4.69) is 16.7 Å². The Balaban J connectivity index is 1.84. The number of benzene rings is 1. The summed E-state index contributed by atoms with van der Waals surface area (Å²) in [7, 11) is 0. The highest BCUT2D eigenvalue weighted by atomic mass is 35.5. The number of aliphatic hydroxyl groups is 1. The van der Waals surface area contributed by atoms with E-state index in [4.69, 9.17) is 16.3 Å². The first-order valence-electron chi connectivity index (χ1n) is 7.25. The maximum absolute atomic E-state index is 10.4. The number of hydrogen-bond acceptors (Lipinski definition) is 4. The van der Waals surface area contributed by atoms with Gasteiger partial charge < -0.3 is 14.7 Å². The highest BCUT2D eigenvalue weighted by Crippen LogP contribution is 2.38. The van der Waals surface area contributed by atoms with Gasteiger partial charge in [0.25, 0.3) is 0 Å². The van der Waals surface area contributed by atoms with E-state index in [0.717, 1.165) is 44.0 Å². The summed E-state index contributed by atoms with van der Waals surface area (Å²) in [6, 6.07) is 5.66. The molecule has 0 bridgehead atoms. The van der Waals surface area contributed by atoms with Gasteiger partial charge in [0.15, 0.2) is 0 Å². The lowest BCUT2D eigenvalue weighted by molar-refractivity contribution is -0.0174. The number of likely N-dealkylation sites (N-methyl/N-ethyl adjacent to an activating group) is 1. The lowest BCUT2D eigenvalue weighted by Crippen LogP contribution is -2.51. The molecule has 2 aliphatic rings. The fourth-order valence-electron chi connectivity index (χ4n) is 3.15. The van der Waals surface area contributed by atoms with Crippen LogP contribution in [0.1, 0.15) is 18.5 Å². The smallest absolute Gasteiger partial charge is 0.124 e. The van der Waals surface area contributed by atoms with Crippen LogP contribution in [0.3, 0.4) is 0 Å². The van der Waals surface area contributed by atoms with E-state index in [1.165, 1.54) is 0 Å². The molecule has 1 N–H and O–H groups in total. The van der Waals surface area contributed by atoms with Crippen LogP contribution in [-0.2, 0) is 0 Å². The molecule has 5 heteroatoms. The molecule has 1 saturated heterocycles. The number of nitrogens with zero attached hydrogens (tertiary/aromatic N) is 2. The van der Waals surface area contributed by atoms with Crippen molar-refractivity contribution in [2.24, 2.45) is 0 Å². The second-order valence-electron chi connectivity index (χ2n) is 5.48. The Hall–Kier alpha value is -0.810. The second kappa shape index (κ2) is 5.90. The van der Waals surface area contributed by atoms with Crippen LogP contribution in [0.15, 0.2) is 18.2 Å². The third-order valence-corrected chi connectivity index (χ3v) is 4.55. The average molecular weight is 297 g/mol. The third kappa shape index (κ3) is 2.66. The van der Waals surface area contributed by atoms with E-state index in [9.17, 15) is 5.11 Å². The van der Waals surface area contributed by atoms with Gasteiger partial charge in [-0.15, -0.1) is 0 Å². The predicted octanol–water partition coefficient (Wildman–Crippen LogP) is 1.77. The fraction of sp³-hybridized carbons (Fsp3) is 0.600. The first-order chi connectivity index (χ1) is 9.69. The van der Waals surface area contributed by atoms with Crippen LogP contribution >= 0.6 is 11.6 Å². The van der Waals surface area contributed by atoms with Gasteiger partial charge in [-0.2, -0.15) is 0 Å². The van der Waals surface area contributed by atoms with Gasteiger partial charge in [-0.1, -0.05) is 18.5 Å². The van der Waals surface area contributed by atoms with Crippen LogP contribution in [0, 0.1) is 0 Å². The van der Waals surface area contributed by atoms with Crippen molar-refractivity contribution in [3.63, 3.8) is 0 Å². The molecule has 0 aliphatic carbocycles. The number of halogens is 1. The molecule has 0 saturated carbocycles. The first-order valence-corrected chi connectivity index (χ1v) is 7.63. The molecule has 0 radical (unpaired) electrons. The van der Waals surface area contributed by atoms with E-state index in [0.29, 0.717) is 11.6 Å². The standard InChI is InChI=1S/C15H21ClN2O2/c1-2-17-5-7-18(8-6-17)15-12-9-11(16)3-4-14(12)20-10-13(15)19/h3-4,9,13,15,19H,2,5-8,10H2,1H3. The monoisotopic (exact) mass is 296 g/mol. The SMILES string of the molecule is CCN1CCN(C2c3cc(Cl)ccc3OCC2O)CC1. The lowest BCUT2D eigenvalue weighted by Gasteiger charge is -2.43. The molecule has 4 nitrogen and oxygen atoms in total. The van der Waals surface area contributed by atoms with Gasteiger partial charge in [0, 0.05) is 36.8 Å². The Morgan fingerprint density at radius 1 is 1.30 bits per heavy atom. The van der Waals surface area contributed by atoms with Crippen LogP contribution in [-0.4, -0.2) is 60.3 Å². The van der Waals surface area contributed by atoms with E-state index in [-0.39, 0.29) is 6.04 Å². The summed E-state index contributed by atoms with van der Waals surface area (Å²) in [6.07, 6.45) is -0.492. The Labute approximate surface area is 124 Å². The van der Waals surface area contributed by atoms with Crippen LogP contribution in [0.2, 0.25) is 5.02 Å². The zero-order valence-corrected chi connectivity index (χ0v) is 12.5. The van der Waals surface area contributed by atoms with E-state index < -0.39 is 6.10 Å². The minimum absolute atomic E-state index is 0.00328. The van der Waals surface area contributed by atoms with E-state index >= 15 is 0 Å². The normalized spacial score (nSPS) is 27.9. The molecule has 1 aromatic rings. The molecular weight excluding hydrogens is 276 g/mol. The van der Waals surface area contributed by atoms with Gasteiger partial charge in [0.1, 0.15) is 18.5 Å². The van der Waals surface area contributed by atoms with Gasteiger partial charge in [-0.05, 0) is 24.7 Å². The summed E-state index contributed by atoms with van der Waals surface area (Å²) < 4.78 is 5.61. The predicted molar refractivity (Wildman–Crippen MR) is 79.4 cm³/mol. The van der Waals surface area contributed by atoms with Crippen molar-refractivity contribution in [2.45, 2.75) is 19.1 Å². The molecule has 0 spiro atoms. The molecule has 1 fully saturated rings. The van der Waals surface area contributed by atoms with Gasteiger partial charge >= 0.3 is 0 Å². The van der Waals surface area contributed by atoms with E-state index in [1.807, 2.05) is 18.2 Å². The zero-order valence-electron chi connectivity index (χ0n) is 11.8. The molecule has 2 aliphatic heterocycles. The average Bonchev–Trinajstić information content (AvgIpc) is 2.47. The minimum Gasteiger partial charge on any atom is -0.490 e. The van der Waals surface area contributed by atoms with Gasteiger partial charge in [-0.25, -0.2) is 0 Å². The van der Waals surface area contributed by atoms with Crippen molar-refractivity contribution < 1.29 is 9.84 Å². The molecule has 0 aromatic heterocycles. The molecule has 3 rings (SSSR count). The minimum atomic E-state index is -0.492. The number of fused-ring (bicyclic) bond motifs is 1. The molecule has 110 valence electrons. The topological polar surface area (TPSA) is 35.9 Å². The molecule has 0 amide bonds. The number of aliphatic hydroxyl groups excluding tert-OH is 1. The van der Waals surface area contributed by atoms with Crippen molar-refractivity contribution >= 4 is 11.6 Å². The number of rotatable bonds is 2. The molecule has 2 atom stereocenters. The van der Waals surface area contributed by atoms with Crippen LogP contribution in [0.25, 0.3) is 0 Å². The van der Waals surface area contributed by atoms with Crippen molar-refractivity contribution in [3.05, 3.63) is 28.8 Å². The van der Waals surface area contributed by atoms with Crippen molar-refractivity contribution in [1.29, 1.82) is 0 Å². The summed E-state index contributed by atoms with van der Waals surface area (Å²) in [5.41, 5.74) is 1.01. The summed E-state index contributed by atoms with van der Waals surface area (Å²) in [5, 5.41) is 11.1. The second-order valence-corrected chi connectivity index (χ2v) is 5.91. The van der Waals surface area contributed by atoms with E-state index in [1.54, 1.807) is 0 Å². The fourth-order valence-corrected chi connectivity index (χ4v) is 3.33. The Morgan fingerprint density at radius 3 is 2.75 bits per heavy atom. The van der Waals surface area contributed by atoms with Crippen molar-refractivity contribution in [1.82, 2.24) is 9.80 Å². The van der Waals surface area contributed by atoms with Crippen LogP contribution in [0.4, 0.5) is 0 Å². The van der Waals surface area contributed by atoms with Gasteiger partial charge in [0.2, 0.25) is 0 Å². The molecule has 2 unspecified atom stereocenters. The maximum Gasteiger partial charge on any atom is 0.124 e. The summed E-state index contributed by atoms with van der Waals surface area (Å²) in [4.78, 5) is 4.79. The lowest BCUT2D eigenvalue weighted by atomic mass is 9.96. The number of piperazine rings is 1. The summed E-state index contributed by atoms with van der Waals surface area (Å²) in [6.45, 7) is 7.68. The Morgan fingerprint density at radius 2 is 2.05 bits per heavy atom. The van der Waals surface area contributed by atoms with Gasteiger partial charge in [0.05, 0.1) is 6.04 Å². The zero-order chi connectivity index (χ0) is 14.1. The Kier molecular flexibility index (Phi) is 4.17. The molecule has 2 heterocycles. The Bertz CT molecular complexity index is 475. The third-order valence-electron chi connectivity index (χ3n) is 4.31.